The molecule has 10 nitrogen and oxygen atoms in total. The van der Waals surface area contributed by atoms with Crippen molar-refractivity contribution in [3.05, 3.63) is 40.7 Å². The number of benzene rings is 1. The summed E-state index contributed by atoms with van der Waals surface area (Å²) < 4.78 is 48.4. The van der Waals surface area contributed by atoms with E-state index >= 15 is 0 Å². The number of morpholine rings is 1. The van der Waals surface area contributed by atoms with Gasteiger partial charge in [-0.25, -0.2) is 22.6 Å². The van der Waals surface area contributed by atoms with Gasteiger partial charge >= 0.3 is 5.97 Å². The summed E-state index contributed by atoms with van der Waals surface area (Å²) in [4.78, 5) is 30.9. The van der Waals surface area contributed by atoms with Crippen LogP contribution < -0.4 is 15.2 Å². The van der Waals surface area contributed by atoms with Crippen molar-refractivity contribution in [2.45, 2.75) is 4.90 Å². The van der Waals surface area contributed by atoms with E-state index in [1.807, 2.05) is 10.3 Å². The van der Waals surface area contributed by atoms with Crippen LogP contribution >= 0.6 is 11.3 Å². The molecule has 13 heteroatoms. The minimum Gasteiger partial charge on any atom is -0.465 e. The zero-order chi connectivity index (χ0) is 21.0. The summed E-state index contributed by atoms with van der Waals surface area (Å²) in [6, 6.07) is 2.72. The summed E-state index contributed by atoms with van der Waals surface area (Å²) in [5.74, 6) is -2.74. The predicted molar refractivity (Wildman–Crippen MR) is 101 cm³/mol. The number of aromatic nitrogens is 1. The predicted octanol–water partition coefficient (Wildman–Crippen LogP) is 0.529. The number of hydrogen-bond donors (Lipinski definition) is 2. The molecule has 1 fully saturated rings. The lowest BCUT2D eigenvalue weighted by atomic mass is 10.2. The fraction of sp³-hybridized carbons (Fsp3) is 0.312. The van der Waals surface area contributed by atoms with Gasteiger partial charge in [0, 0.05) is 18.5 Å². The molecule has 2 aromatic rings. The SMILES string of the molecule is COC(=O)c1ccc(F)c(S(=O)(=O)NNC(=O)c2csc(N3CCOCC3)n2)c1. The fourth-order valence-corrected chi connectivity index (χ4v) is 4.26. The van der Waals surface area contributed by atoms with E-state index in [2.05, 4.69) is 9.72 Å². The second-order valence-corrected chi connectivity index (χ2v) is 8.30. The van der Waals surface area contributed by atoms with E-state index in [0.29, 0.717) is 31.4 Å². The highest BCUT2D eigenvalue weighted by molar-refractivity contribution is 7.89. The Morgan fingerprint density at radius 2 is 2.03 bits per heavy atom. The number of hydrazine groups is 1. The largest absolute Gasteiger partial charge is 0.465 e. The van der Waals surface area contributed by atoms with Crippen molar-refractivity contribution < 1.29 is 31.9 Å². The van der Waals surface area contributed by atoms with Gasteiger partial charge in [-0.2, -0.15) is 0 Å². The zero-order valence-corrected chi connectivity index (χ0v) is 16.8. The minimum atomic E-state index is -4.49. The highest BCUT2D eigenvalue weighted by Gasteiger charge is 2.23. The Balaban J connectivity index is 1.69. The Bertz CT molecular complexity index is 1020. The van der Waals surface area contributed by atoms with Crippen molar-refractivity contribution in [3.8, 4) is 0 Å². The highest BCUT2D eigenvalue weighted by atomic mass is 32.2. The van der Waals surface area contributed by atoms with Crippen LogP contribution in [0, 0.1) is 5.82 Å². The van der Waals surface area contributed by atoms with E-state index in [1.54, 1.807) is 4.83 Å². The van der Waals surface area contributed by atoms with Crippen LogP contribution in [0.25, 0.3) is 0 Å². The number of thiazole rings is 1. The zero-order valence-electron chi connectivity index (χ0n) is 15.2. The second-order valence-electron chi connectivity index (χ2n) is 5.81. The molecule has 0 bridgehead atoms. The summed E-state index contributed by atoms with van der Waals surface area (Å²) in [5.41, 5.74) is 1.83. The van der Waals surface area contributed by atoms with Gasteiger partial charge in [-0.3, -0.25) is 10.2 Å². The van der Waals surface area contributed by atoms with E-state index in [1.165, 1.54) is 16.7 Å². The average Bonchev–Trinajstić information content (AvgIpc) is 3.23. The standard InChI is InChI=1S/C16H17FN4O6S2/c1-26-15(23)10-2-3-11(17)13(8-10)29(24,25)20-19-14(22)12-9-28-16(18-12)21-4-6-27-7-5-21/h2-3,8-9,20H,4-7H2,1H3,(H,19,22). The Morgan fingerprint density at radius 3 is 2.72 bits per heavy atom. The number of carbonyl (C=O) groups is 2. The van der Waals surface area contributed by atoms with Crippen molar-refractivity contribution >= 4 is 38.4 Å². The Morgan fingerprint density at radius 1 is 1.31 bits per heavy atom. The van der Waals surface area contributed by atoms with Crippen molar-refractivity contribution in [2.75, 3.05) is 38.3 Å². The Kier molecular flexibility index (Phi) is 6.42. The van der Waals surface area contributed by atoms with Crippen LogP contribution in [0.1, 0.15) is 20.8 Å². The average molecular weight is 444 g/mol. The van der Waals surface area contributed by atoms with Crippen LogP contribution in [-0.2, 0) is 19.5 Å². The van der Waals surface area contributed by atoms with Gasteiger partial charge in [0.15, 0.2) is 5.13 Å². The third-order valence-corrected chi connectivity index (χ3v) is 6.11. The topological polar surface area (TPSA) is 127 Å². The number of halogens is 1. The van der Waals surface area contributed by atoms with Crippen molar-refractivity contribution in [3.63, 3.8) is 0 Å². The molecule has 156 valence electrons. The molecule has 29 heavy (non-hydrogen) atoms. The molecular formula is C16H17FN4O6S2. The van der Waals surface area contributed by atoms with Crippen molar-refractivity contribution in [2.24, 2.45) is 0 Å². The number of amides is 1. The number of carbonyl (C=O) groups excluding carboxylic acids is 2. The molecule has 2 N–H and O–H groups in total. The van der Waals surface area contributed by atoms with Crippen molar-refractivity contribution in [1.82, 2.24) is 15.2 Å². The number of anilines is 1. The summed E-state index contributed by atoms with van der Waals surface area (Å²) in [6.45, 7) is 2.38. The van der Waals surface area contributed by atoms with E-state index in [9.17, 15) is 22.4 Å². The maximum Gasteiger partial charge on any atom is 0.337 e. The van der Waals surface area contributed by atoms with E-state index in [-0.39, 0.29) is 11.3 Å². The van der Waals surface area contributed by atoms with Crippen LogP contribution in [0.3, 0.4) is 0 Å². The summed E-state index contributed by atoms with van der Waals surface area (Å²) in [6.07, 6.45) is 0. The first kappa shape index (κ1) is 21.1. The molecule has 0 aliphatic carbocycles. The first-order chi connectivity index (χ1) is 13.8. The van der Waals surface area contributed by atoms with Gasteiger partial charge < -0.3 is 14.4 Å². The number of nitrogens with zero attached hydrogens (tertiary/aromatic N) is 2. The second kappa shape index (κ2) is 8.82. The molecule has 0 atom stereocenters. The Hall–Kier alpha value is -2.61. The van der Waals surface area contributed by atoms with Gasteiger partial charge in [0.2, 0.25) is 0 Å². The van der Waals surface area contributed by atoms with Gasteiger partial charge in [0.25, 0.3) is 15.9 Å². The number of esters is 1. The molecule has 0 radical (unpaired) electrons. The third-order valence-electron chi connectivity index (χ3n) is 3.95. The third kappa shape index (κ3) is 4.87. The fourth-order valence-electron chi connectivity index (χ4n) is 2.46. The van der Waals surface area contributed by atoms with Crippen LogP contribution in [0.5, 0.6) is 0 Å². The van der Waals surface area contributed by atoms with Gasteiger partial charge in [0.1, 0.15) is 16.4 Å². The van der Waals surface area contributed by atoms with E-state index in [4.69, 9.17) is 4.74 Å². The lowest BCUT2D eigenvalue weighted by molar-refractivity contribution is 0.0600. The summed E-state index contributed by atoms with van der Waals surface area (Å²) in [5, 5.41) is 2.09. The molecular weight excluding hydrogens is 427 g/mol. The molecule has 1 amide bonds. The maximum absolute atomic E-state index is 14.0. The minimum absolute atomic E-state index is 0.00275. The molecule has 0 saturated carbocycles. The molecule has 1 aromatic heterocycles. The Labute approximate surface area is 169 Å². The van der Waals surface area contributed by atoms with Gasteiger partial charge in [-0.1, -0.05) is 0 Å². The summed E-state index contributed by atoms with van der Waals surface area (Å²) >= 11 is 1.23. The molecule has 2 heterocycles. The van der Waals surface area contributed by atoms with E-state index < -0.39 is 32.6 Å². The molecule has 1 aromatic carbocycles. The number of nitrogens with one attached hydrogen (secondary N) is 2. The quantitative estimate of drug-likeness (QED) is 0.488. The molecule has 1 aliphatic rings. The van der Waals surface area contributed by atoms with Gasteiger partial charge in [-0.05, 0) is 18.2 Å². The summed E-state index contributed by atoms with van der Waals surface area (Å²) in [7, 11) is -3.38. The first-order valence-electron chi connectivity index (χ1n) is 8.30. The molecule has 1 aliphatic heterocycles. The van der Waals surface area contributed by atoms with Gasteiger partial charge in [-0.15, -0.1) is 16.2 Å². The number of sulfonamides is 1. The van der Waals surface area contributed by atoms with E-state index in [0.717, 1.165) is 25.3 Å². The van der Waals surface area contributed by atoms with Crippen molar-refractivity contribution in [1.29, 1.82) is 0 Å². The van der Waals surface area contributed by atoms with Crippen LogP contribution in [0.15, 0.2) is 28.5 Å². The van der Waals surface area contributed by atoms with Crippen LogP contribution in [0.2, 0.25) is 0 Å². The molecule has 3 rings (SSSR count). The van der Waals surface area contributed by atoms with Crippen LogP contribution in [-0.4, -0.2) is 58.7 Å². The lowest BCUT2D eigenvalue weighted by Gasteiger charge is -2.25. The number of methoxy groups -OCH3 is 1. The molecule has 0 unspecified atom stereocenters. The number of ether oxygens (including phenoxy) is 2. The monoisotopic (exact) mass is 444 g/mol. The molecule has 1 saturated heterocycles. The van der Waals surface area contributed by atoms with Gasteiger partial charge in [0.05, 0.1) is 25.9 Å². The highest BCUT2D eigenvalue weighted by Crippen LogP contribution is 2.21. The maximum atomic E-state index is 14.0. The normalized spacial score (nSPS) is 14.5. The number of hydrogen-bond acceptors (Lipinski definition) is 9. The smallest absolute Gasteiger partial charge is 0.337 e. The molecule has 0 spiro atoms. The van der Waals surface area contributed by atoms with Crippen LogP contribution in [0.4, 0.5) is 9.52 Å². The lowest BCUT2D eigenvalue weighted by Crippen LogP contribution is -2.42. The number of rotatable bonds is 6. The first-order valence-corrected chi connectivity index (χ1v) is 10.7.